The van der Waals surface area contributed by atoms with Gasteiger partial charge in [0.15, 0.2) is 5.71 Å². The van der Waals surface area contributed by atoms with Crippen LogP contribution in [-0.4, -0.2) is 5.71 Å². The Kier molecular flexibility index (Phi) is 2.37. The van der Waals surface area contributed by atoms with Crippen molar-refractivity contribution in [2.75, 3.05) is 0 Å². The van der Waals surface area contributed by atoms with Gasteiger partial charge in [-0.3, -0.25) is 0 Å². The topological polar surface area (TPSA) is 3.01 Å². The van der Waals surface area contributed by atoms with Crippen LogP contribution in [0.5, 0.6) is 0 Å². The third kappa shape index (κ3) is 1.43. The summed E-state index contributed by atoms with van der Waals surface area (Å²) >= 11 is 0. The normalized spacial score (nSPS) is 16.8. The van der Waals surface area contributed by atoms with Crippen LogP contribution in [0.25, 0.3) is 0 Å². The van der Waals surface area contributed by atoms with Gasteiger partial charge in [-0.2, -0.15) is 4.58 Å². The lowest BCUT2D eigenvalue weighted by atomic mass is 9.82. The second kappa shape index (κ2) is 3.81. The Morgan fingerprint density at radius 1 is 0.833 bits per heavy atom. The highest BCUT2D eigenvalue weighted by atomic mass is 15.1. The number of rotatable bonds is 1. The lowest BCUT2D eigenvalue weighted by molar-refractivity contribution is 0.731. The van der Waals surface area contributed by atoms with Gasteiger partial charge in [0.1, 0.15) is 0 Å². The maximum absolute atomic E-state index is 2.37. The maximum Gasteiger partial charge on any atom is 0.215 e. The molecule has 0 atom stereocenters. The average molecular weight is 236 g/mol. The van der Waals surface area contributed by atoms with Crippen LogP contribution >= 0.6 is 0 Å². The van der Waals surface area contributed by atoms with E-state index in [0.29, 0.717) is 0 Å². The van der Waals surface area contributed by atoms with Crippen molar-refractivity contribution in [3.8, 4) is 0 Å². The van der Waals surface area contributed by atoms with Crippen molar-refractivity contribution in [1.82, 2.24) is 4.58 Å². The molecule has 0 N–H and O–H groups in total. The summed E-state index contributed by atoms with van der Waals surface area (Å²) in [4.78, 5) is 0. The quantitative estimate of drug-likeness (QED) is 0.650. The number of hydrogen-bond donors (Lipinski definition) is 0. The molecule has 1 heteroatoms. The predicted molar refractivity (Wildman–Crippen MR) is 78.0 cm³/mol. The molecule has 1 heterocycles. The van der Waals surface area contributed by atoms with Crippen LogP contribution < -0.4 is 4.58 Å². The van der Waals surface area contributed by atoms with Crippen molar-refractivity contribution in [1.29, 1.82) is 0 Å². The van der Waals surface area contributed by atoms with E-state index in [1.54, 1.807) is 0 Å². The zero-order chi connectivity index (χ0) is 12.8. The van der Waals surface area contributed by atoms with Crippen molar-refractivity contribution in [3.05, 3.63) is 60.2 Å². The Morgan fingerprint density at radius 2 is 1.44 bits per heavy atom. The molecule has 0 bridgehead atoms. The minimum atomic E-state index is 0.104. The predicted octanol–water partition coefficient (Wildman–Crippen LogP) is 4.27. The van der Waals surface area contributed by atoms with Crippen molar-refractivity contribution >= 4 is 17.1 Å². The zero-order valence-corrected chi connectivity index (χ0v) is 11.1. The van der Waals surface area contributed by atoms with Crippen LogP contribution in [-0.2, 0) is 5.41 Å². The van der Waals surface area contributed by atoms with E-state index < -0.39 is 0 Å². The molecule has 18 heavy (non-hydrogen) atoms. The average Bonchev–Trinajstić information content (AvgIpc) is 2.60. The molecule has 0 radical (unpaired) electrons. The molecule has 0 aromatic heterocycles. The van der Waals surface area contributed by atoms with Crippen LogP contribution in [0.2, 0.25) is 0 Å². The van der Waals surface area contributed by atoms with Gasteiger partial charge in [-0.1, -0.05) is 36.4 Å². The summed E-state index contributed by atoms with van der Waals surface area (Å²) in [5.74, 6) is 0. The van der Waals surface area contributed by atoms with Crippen LogP contribution in [0, 0.1) is 0 Å². The standard InChI is InChI=1S/C17H18N/c1-13-17(2,3)15-11-7-8-12-16(15)18(13)14-9-5-4-6-10-14/h4-12H,1-3H3/q+1. The van der Waals surface area contributed by atoms with Crippen molar-refractivity contribution in [2.24, 2.45) is 0 Å². The largest absolute Gasteiger partial charge is 0.215 e. The molecule has 0 aliphatic carbocycles. The van der Waals surface area contributed by atoms with E-state index in [2.05, 4.69) is 79.9 Å². The Hall–Kier alpha value is -1.89. The van der Waals surface area contributed by atoms with Crippen molar-refractivity contribution in [2.45, 2.75) is 26.2 Å². The van der Waals surface area contributed by atoms with E-state index in [1.165, 1.54) is 22.6 Å². The first-order valence-electron chi connectivity index (χ1n) is 6.41. The van der Waals surface area contributed by atoms with E-state index in [9.17, 15) is 0 Å². The molecule has 0 saturated heterocycles. The summed E-state index contributed by atoms with van der Waals surface area (Å²) in [6, 6.07) is 19.3. The fourth-order valence-electron chi connectivity index (χ4n) is 2.76. The van der Waals surface area contributed by atoms with Crippen LogP contribution in [0.15, 0.2) is 54.6 Å². The molecular weight excluding hydrogens is 218 g/mol. The molecule has 0 fully saturated rings. The fraction of sp³-hybridized carbons (Fsp3) is 0.235. The first-order chi connectivity index (χ1) is 8.62. The molecule has 0 saturated carbocycles. The second-order valence-corrected chi connectivity index (χ2v) is 5.40. The smallest absolute Gasteiger partial charge is 0.161 e. The summed E-state index contributed by atoms with van der Waals surface area (Å²) in [5, 5.41) is 0. The molecule has 0 spiro atoms. The monoisotopic (exact) mass is 236 g/mol. The first kappa shape index (κ1) is 11.2. The van der Waals surface area contributed by atoms with E-state index in [-0.39, 0.29) is 5.41 Å². The van der Waals surface area contributed by atoms with Gasteiger partial charge in [-0.05, 0) is 13.8 Å². The van der Waals surface area contributed by atoms with Crippen molar-refractivity contribution < 1.29 is 0 Å². The number of fused-ring (bicyclic) bond motifs is 1. The van der Waals surface area contributed by atoms with Gasteiger partial charge in [0.2, 0.25) is 11.4 Å². The third-order valence-electron chi connectivity index (χ3n) is 4.07. The number of hydrogen-bond acceptors (Lipinski definition) is 0. The highest BCUT2D eigenvalue weighted by molar-refractivity contribution is 6.02. The third-order valence-corrected chi connectivity index (χ3v) is 4.07. The number of benzene rings is 2. The van der Waals surface area contributed by atoms with E-state index in [4.69, 9.17) is 0 Å². The SMILES string of the molecule is CC1=[N+](c2ccccc2)c2ccccc2C1(C)C. The highest BCUT2D eigenvalue weighted by Gasteiger charge is 2.43. The first-order valence-corrected chi connectivity index (χ1v) is 6.41. The van der Waals surface area contributed by atoms with E-state index in [0.717, 1.165) is 0 Å². The molecule has 1 nitrogen and oxygen atoms in total. The van der Waals surface area contributed by atoms with Crippen molar-refractivity contribution in [3.63, 3.8) is 0 Å². The van der Waals surface area contributed by atoms with Gasteiger partial charge in [0, 0.05) is 30.7 Å². The van der Waals surface area contributed by atoms with Gasteiger partial charge in [0.25, 0.3) is 0 Å². The highest BCUT2D eigenvalue weighted by Crippen LogP contribution is 2.40. The summed E-state index contributed by atoms with van der Waals surface area (Å²) in [7, 11) is 0. The summed E-state index contributed by atoms with van der Waals surface area (Å²) in [6.45, 7) is 6.82. The lowest BCUT2D eigenvalue weighted by Gasteiger charge is -2.14. The molecule has 1 aliphatic heterocycles. The van der Waals surface area contributed by atoms with E-state index >= 15 is 0 Å². The molecule has 2 aromatic carbocycles. The number of para-hydroxylation sites is 2. The Labute approximate surface area is 108 Å². The molecule has 0 amide bonds. The Morgan fingerprint density at radius 3 is 2.17 bits per heavy atom. The minimum Gasteiger partial charge on any atom is -0.161 e. The van der Waals surface area contributed by atoms with Gasteiger partial charge >= 0.3 is 0 Å². The molecule has 3 rings (SSSR count). The minimum absolute atomic E-state index is 0.104. The summed E-state index contributed by atoms with van der Waals surface area (Å²) in [6.07, 6.45) is 0. The number of nitrogens with zero attached hydrogens (tertiary/aromatic N) is 1. The molecule has 1 aliphatic rings. The van der Waals surface area contributed by atoms with Gasteiger partial charge in [-0.25, -0.2) is 0 Å². The lowest BCUT2D eigenvalue weighted by Crippen LogP contribution is -2.26. The zero-order valence-electron chi connectivity index (χ0n) is 11.1. The van der Waals surface area contributed by atoms with E-state index in [1.807, 2.05) is 0 Å². The maximum atomic E-state index is 2.37. The van der Waals surface area contributed by atoms with Crippen LogP contribution in [0.4, 0.5) is 11.4 Å². The van der Waals surface area contributed by atoms with Gasteiger partial charge < -0.3 is 0 Å². The summed E-state index contributed by atoms with van der Waals surface area (Å²) < 4.78 is 2.37. The van der Waals surface area contributed by atoms with Gasteiger partial charge in [0.05, 0.1) is 5.41 Å². The van der Waals surface area contributed by atoms with Crippen LogP contribution in [0.3, 0.4) is 0 Å². The Bertz CT molecular complexity index is 621. The fourth-order valence-corrected chi connectivity index (χ4v) is 2.76. The summed E-state index contributed by atoms with van der Waals surface area (Å²) in [5.41, 5.74) is 5.45. The molecule has 90 valence electrons. The van der Waals surface area contributed by atoms with Gasteiger partial charge in [-0.15, -0.1) is 0 Å². The molecule has 0 unspecified atom stereocenters. The molecule has 2 aromatic rings. The Balaban J connectivity index is 2.30. The molecular formula is C17H18N+. The second-order valence-electron chi connectivity index (χ2n) is 5.40. The van der Waals surface area contributed by atoms with Crippen LogP contribution in [0.1, 0.15) is 26.3 Å².